The lowest BCUT2D eigenvalue weighted by molar-refractivity contribution is -0.151. The molecule has 1 N–H and O–H groups in total. The predicted octanol–water partition coefficient (Wildman–Crippen LogP) is 1.53. The summed E-state index contributed by atoms with van der Waals surface area (Å²) in [5.41, 5.74) is 1.07. The van der Waals surface area contributed by atoms with Gasteiger partial charge in [-0.15, -0.1) is 0 Å². The molecule has 1 unspecified atom stereocenters. The van der Waals surface area contributed by atoms with Crippen molar-refractivity contribution >= 4 is 17.8 Å². The van der Waals surface area contributed by atoms with Gasteiger partial charge in [-0.2, -0.15) is 0 Å². The molecule has 3 rings (SSSR count). The smallest absolute Gasteiger partial charge is 0.308 e. The van der Waals surface area contributed by atoms with Gasteiger partial charge in [0.05, 0.1) is 13.5 Å². The van der Waals surface area contributed by atoms with Gasteiger partial charge in [-0.05, 0) is 29.8 Å². The highest BCUT2D eigenvalue weighted by Crippen LogP contribution is 2.19. The van der Waals surface area contributed by atoms with Crippen LogP contribution in [0.1, 0.15) is 12.0 Å². The molecule has 0 saturated carbocycles. The molecule has 158 valence electrons. The Hall–Kier alpha value is -3.55. The number of ether oxygens (including phenoxy) is 3. The van der Waals surface area contributed by atoms with Crippen molar-refractivity contribution in [2.24, 2.45) is 0 Å². The summed E-state index contributed by atoms with van der Waals surface area (Å²) >= 11 is 0. The number of carbonyl (C=O) groups is 3. The summed E-state index contributed by atoms with van der Waals surface area (Å²) in [5.74, 6) is -0.116. The standard InChI is InChI=1S/C22H24N2O6/c1-28-21(26)13-19-22(27)23-11-12-24(19)20(25)15-30-18-9-7-17(8-10-18)29-14-16-5-3-2-4-6-16/h2-10,19H,11-15H2,1H3,(H,23,27). The number of carbonyl (C=O) groups excluding carboxylic acids is 3. The van der Waals surface area contributed by atoms with Crippen LogP contribution in [0.4, 0.5) is 0 Å². The van der Waals surface area contributed by atoms with Crippen LogP contribution < -0.4 is 14.8 Å². The molecule has 2 aromatic carbocycles. The lowest BCUT2D eigenvalue weighted by atomic mass is 10.1. The summed E-state index contributed by atoms with van der Waals surface area (Å²) in [5, 5.41) is 2.65. The number of piperazine rings is 1. The predicted molar refractivity (Wildman–Crippen MR) is 108 cm³/mol. The number of benzene rings is 2. The molecule has 0 spiro atoms. The van der Waals surface area contributed by atoms with E-state index in [1.807, 2.05) is 30.3 Å². The van der Waals surface area contributed by atoms with Crippen molar-refractivity contribution in [3.8, 4) is 11.5 Å². The second kappa shape index (κ2) is 10.3. The summed E-state index contributed by atoms with van der Waals surface area (Å²) in [6, 6.07) is 15.9. The molecule has 2 amide bonds. The molecule has 2 aromatic rings. The fourth-order valence-corrected chi connectivity index (χ4v) is 3.06. The fraction of sp³-hybridized carbons (Fsp3) is 0.318. The van der Waals surface area contributed by atoms with Crippen molar-refractivity contribution in [2.75, 3.05) is 26.8 Å². The van der Waals surface area contributed by atoms with Gasteiger partial charge in [0, 0.05) is 13.1 Å². The van der Waals surface area contributed by atoms with E-state index in [1.54, 1.807) is 24.3 Å². The van der Waals surface area contributed by atoms with Gasteiger partial charge in [0.25, 0.3) is 5.91 Å². The quantitative estimate of drug-likeness (QED) is 0.661. The topological polar surface area (TPSA) is 94.2 Å². The van der Waals surface area contributed by atoms with Crippen LogP contribution in [0.25, 0.3) is 0 Å². The lowest BCUT2D eigenvalue weighted by Crippen LogP contribution is -2.58. The first-order chi connectivity index (χ1) is 14.6. The minimum atomic E-state index is -0.893. The zero-order valence-electron chi connectivity index (χ0n) is 16.7. The monoisotopic (exact) mass is 412 g/mol. The van der Waals surface area contributed by atoms with E-state index in [2.05, 4.69) is 10.1 Å². The minimum Gasteiger partial charge on any atom is -0.489 e. The van der Waals surface area contributed by atoms with Crippen LogP contribution >= 0.6 is 0 Å². The van der Waals surface area contributed by atoms with Gasteiger partial charge in [-0.1, -0.05) is 30.3 Å². The first-order valence-electron chi connectivity index (χ1n) is 9.60. The highest BCUT2D eigenvalue weighted by atomic mass is 16.5. The molecule has 1 aliphatic heterocycles. The molecule has 8 heteroatoms. The second-order valence-corrected chi connectivity index (χ2v) is 6.71. The third-order valence-corrected chi connectivity index (χ3v) is 4.67. The molecular formula is C22H24N2O6. The Labute approximate surface area is 174 Å². The van der Waals surface area contributed by atoms with E-state index in [1.165, 1.54) is 12.0 Å². The zero-order chi connectivity index (χ0) is 21.3. The third-order valence-electron chi connectivity index (χ3n) is 4.67. The van der Waals surface area contributed by atoms with Crippen LogP contribution in [0.2, 0.25) is 0 Å². The van der Waals surface area contributed by atoms with Crippen LogP contribution in [0, 0.1) is 0 Å². The molecular weight excluding hydrogens is 388 g/mol. The maximum atomic E-state index is 12.6. The van der Waals surface area contributed by atoms with Crippen LogP contribution in [-0.2, 0) is 25.7 Å². The van der Waals surface area contributed by atoms with E-state index in [-0.39, 0.29) is 24.8 Å². The normalized spacial score (nSPS) is 15.8. The van der Waals surface area contributed by atoms with Crippen LogP contribution in [0.5, 0.6) is 11.5 Å². The number of nitrogens with one attached hydrogen (secondary N) is 1. The van der Waals surface area contributed by atoms with E-state index >= 15 is 0 Å². The van der Waals surface area contributed by atoms with E-state index in [0.29, 0.717) is 31.2 Å². The Morgan fingerprint density at radius 3 is 2.37 bits per heavy atom. The van der Waals surface area contributed by atoms with E-state index < -0.39 is 12.0 Å². The van der Waals surface area contributed by atoms with Crippen LogP contribution in [0.3, 0.4) is 0 Å². The molecule has 0 aliphatic carbocycles. The Bertz CT molecular complexity index is 869. The summed E-state index contributed by atoms with van der Waals surface area (Å²) in [6.45, 7) is 0.852. The summed E-state index contributed by atoms with van der Waals surface area (Å²) in [7, 11) is 1.24. The summed E-state index contributed by atoms with van der Waals surface area (Å²) < 4.78 is 15.9. The summed E-state index contributed by atoms with van der Waals surface area (Å²) in [6.07, 6.45) is -0.193. The lowest BCUT2D eigenvalue weighted by Gasteiger charge is -2.34. The molecule has 1 fully saturated rings. The van der Waals surface area contributed by atoms with Gasteiger partial charge >= 0.3 is 5.97 Å². The maximum Gasteiger partial charge on any atom is 0.308 e. The number of hydrogen-bond acceptors (Lipinski definition) is 6. The number of amides is 2. The van der Waals surface area contributed by atoms with Gasteiger partial charge in [-0.25, -0.2) is 0 Å². The Balaban J connectivity index is 1.52. The zero-order valence-corrected chi connectivity index (χ0v) is 16.7. The van der Waals surface area contributed by atoms with Gasteiger partial charge in [-0.3, -0.25) is 14.4 Å². The number of nitrogens with zero attached hydrogens (tertiary/aromatic N) is 1. The highest BCUT2D eigenvalue weighted by molar-refractivity contribution is 5.92. The van der Waals surface area contributed by atoms with Crippen molar-refractivity contribution in [1.82, 2.24) is 10.2 Å². The Morgan fingerprint density at radius 2 is 1.70 bits per heavy atom. The molecule has 0 radical (unpaired) electrons. The van der Waals surface area contributed by atoms with Crippen molar-refractivity contribution in [3.05, 3.63) is 60.2 Å². The fourth-order valence-electron chi connectivity index (χ4n) is 3.06. The first-order valence-corrected chi connectivity index (χ1v) is 9.60. The molecule has 0 bridgehead atoms. The number of rotatable bonds is 8. The van der Waals surface area contributed by atoms with E-state index in [0.717, 1.165) is 5.56 Å². The number of hydrogen-bond donors (Lipinski definition) is 1. The SMILES string of the molecule is COC(=O)CC1C(=O)NCCN1C(=O)COc1ccc(OCc2ccccc2)cc1. The van der Waals surface area contributed by atoms with E-state index in [4.69, 9.17) is 9.47 Å². The van der Waals surface area contributed by atoms with Crippen molar-refractivity contribution in [3.63, 3.8) is 0 Å². The molecule has 1 aliphatic rings. The Morgan fingerprint density at radius 1 is 1.03 bits per heavy atom. The van der Waals surface area contributed by atoms with Crippen LogP contribution in [0.15, 0.2) is 54.6 Å². The molecule has 1 heterocycles. The van der Waals surface area contributed by atoms with Gasteiger partial charge in [0.15, 0.2) is 6.61 Å². The second-order valence-electron chi connectivity index (χ2n) is 6.71. The van der Waals surface area contributed by atoms with Gasteiger partial charge in [0.2, 0.25) is 5.91 Å². The van der Waals surface area contributed by atoms with Crippen molar-refractivity contribution in [1.29, 1.82) is 0 Å². The largest absolute Gasteiger partial charge is 0.489 e. The van der Waals surface area contributed by atoms with Gasteiger partial charge < -0.3 is 24.4 Å². The van der Waals surface area contributed by atoms with Gasteiger partial charge in [0.1, 0.15) is 24.1 Å². The van der Waals surface area contributed by atoms with Crippen LogP contribution in [-0.4, -0.2) is 55.5 Å². The first kappa shape index (κ1) is 21.2. The number of methoxy groups -OCH3 is 1. The number of esters is 1. The summed E-state index contributed by atoms with van der Waals surface area (Å²) in [4.78, 5) is 37.6. The Kier molecular flexibility index (Phi) is 7.26. The highest BCUT2D eigenvalue weighted by Gasteiger charge is 2.35. The average molecular weight is 412 g/mol. The molecule has 0 aromatic heterocycles. The molecule has 30 heavy (non-hydrogen) atoms. The third kappa shape index (κ3) is 5.73. The maximum absolute atomic E-state index is 12.6. The van der Waals surface area contributed by atoms with Crippen molar-refractivity contribution in [2.45, 2.75) is 19.1 Å². The van der Waals surface area contributed by atoms with E-state index in [9.17, 15) is 14.4 Å². The minimum absolute atomic E-state index is 0.193. The molecule has 1 atom stereocenters. The molecule has 8 nitrogen and oxygen atoms in total. The molecule has 1 saturated heterocycles. The van der Waals surface area contributed by atoms with Crippen molar-refractivity contribution < 1.29 is 28.6 Å². The average Bonchev–Trinajstić information content (AvgIpc) is 2.78.